The van der Waals surface area contributed by atoms with Gasteiger partial charge in [-0.25, -0.2) is 0 Å². The molecule has 4 rings (SSSR count). The Morgan fingerprint density at radius 2 is 1.63 bits per heavy atom. The molecule has 0 unspecified atom stereocenters. The highest BCUT2D eigenvalue weighted by atomic mass is 79.9. The van der Waals surface area contributed by atoms with Gasteiger partial charge in [0, 0.05) is 17.1 Å². The van der Waals surface area contributed by atoms with Crippen LogP contribution in [0.25, 0.3) is 22.2 Å². The van der Waals surface area contributed by atoms with Gasteiger partial charge in [0.25, 0.3) is 5.91 Å². The lowest BCUT2D eigenvalue weighted by molar-refractivity contribution is -0.294. The first-order chi connectivity index (χ1) is 17.6. The number of aryl methyl sites for hydroxylation is 1. The van der Waals surface area contributed by atoms with Crippen LogP contribution in [0.15, 0.2) is 28.7 Å². The maximum absolute atomic E-state index is 13.3. The van der Waals surface area contributed by atoms with Gasteiger partial charge in [-0.15, -0.1) is 0 Å². The fraction of sp³-hybridized carbons (Fsp3) is 0.364. The van der Waals surface area contributed by atoms with Gasteiger partial charge in [-0.05, 0) is 24.3 Å². The molecule has 1 aromatic heterocycles. The number of carbonyl (C=O) groups excluding carboxylic acids is 1. The molecule has 2 heterocycles. The van der Waals surface area contributed by atoms with Gasteiger partial charge < -0.3 is 24.2 Å². The number of halogens is 8. The average Bonchev–Trinajstić information content (AvgIpc) is 3.09. The Labute approximate surface area is 217 Å². The smallest absolute Gasteiger partial charge is 0.420 e. The third-order valence-electron chi connectivity index (χ3n) is 5.79. The number of carbonyl (C=O) groups is 1. The second kappa shape index (κ2) is 9.80. The molecule has 3 aromatic rings. The van der Waals surface area contributed by atoms with Crippen LogP contribution in [0.4, 0.5) is 30.7 Å². The zero-order chi connectivity index (χ0) is 28.2. The van der Waals surface area contributed by atoms with Gasteiger partial charge in [0.1, 0.15) is 22.8 Å². The number of ether oxygens (including phenoxy) is 3. The molecule has 2 aromatic carbocycles. The molecule has 1 fully saturated rings. The molecule has 0 atom stereocenters. The minimum absolute atomic E-state index is 0.0240. The third kappa shape index (κ3) is 4.93. The van der Waals surface area contributed by atoms with E-state index in [1.165, 1.54) is 29.9 Å². The lowest BCUT2D eigenvalue weighted by atomic mass is 9.92. The maximum atomic E-state index is 13.3. The largest absolute Gasteiger partial charge is 0.496 e. The molecule has 16 heteroatoms. The monoisotopic (exact) mass is 615 g/mol. The van der Waals surface area contributed by atoms with Crippen molar-refractivity contribution in [2.24, 2.45) is 7.05 Å². The first-order valence-electron chi connectivity index (χ1n) is 10.5. The molecule has 1 N–H and O–H groups in total. The number of methoxy groups -OCH3 is 1. The minimum atomic E-state index is -5.02. The Bertz CT molecular complexity index is 1390. The molecule has 8 nitrogen and oxygen atoms in total. The number of β-amino-alcohol motifs (C(OH)–C–C–N with tert-alkyl or cyclic N) is 1. The molecule has 206 valence electrons. The van der Waals surface area contributed by atoms with E-state index in [1.807, 2.05) is 0 Å². The fourth-order valence-corrected chi connectivity index (χ4v) is 4.56. The van der Waals surface area contributed by atoms with Crippen LogP contribution >= 0.6 is 15.9 Å². The van der Waals surface area contributed by atoms with Crippen molar-refractivity contribution < 1.29 is 54.8 Å². The number of hydrogen-bond acceptors (Lipinski definition) is 6. The van der Waals surface area contributed by atoms with E-state index in [4.69, 9.17) is 4.74 Å². The summed E-state index contributed by atoms with van der Waals surface area (Å²) in [6.07, 6.45) is -5.02. The molecular formula is C22H17BrF7N3O5. The molecule has 0 spiro atoms. The Balaban J connectivity index is 1.86. The van der Waals surface area contributed by atoms with Crippen molar-refractivity contribution in [3.8, 4) is 28.5 Å². The highest BCUT2D eigenvalue weighted by Gasteiger charge is 2.62. The number of benzene rings is 2. The second-order valence-corrected chi connectivity index (χ2v) is 9.19. The van der Waals surface area contributed by atoms with Gasteiger partial charge in [-0.2, -0.15) is 35.8 Å². The van der Waals surface area contributed by atoms with Crippen molar-refractivity contribution in [2.75, 3.05) is 20.2 Å². The summed E-state index contributed by atoms with van der Waals surface area (Å²) in [5, 5.41) is 14.0. The van der Waals surface area contributed by atoms with E-state index in [9.17, 15) is 40.6 Å². The first-order valence-corrected chi connectivity index (χ1v) is 11.3. The van der Waals surface area contributed by atoms with E-state index in [0.29, 0.717) is 9.37 Å². The Morgan fingerprint density at radius 3 is 2.18 bits per heavy atom. The normalized spacial score (nSPS) is 15.2. The number of aromatic nitrogens is 2. The van der Waals surface area contributed by atoms with Crippen molar-refractivity contribution in [3.05, 3.63) is 34.3 Å². The predicted molar refractivity (Wildman–Crippen MR) is 121 cm³/mol. The summed E-state index contributed by atoms with van der Waals surface area (Å²) in [6.45, 7) is -8.94. The lowest BCUT2D eigenvalue weighted by Crippen LogP contribution is -2.70. The fourth-order valence-electron chi connectivity index (χ4n) is 4.13. The van der Waals surface area contributed by atoms with Gasteiger partial charge in [0.15, 0.2) is 5.60 Å². The van der Waals surface area contributed by atoms with Crippen molar-refractivity contribution in [3.63, 3.8) is 0 Å². The number of rotatable bonds is 7. The standard InChI is InChI=1S/C22H17BrF7N3O5/c1-32-17(15-11(31-32)5-10(23)6-14(15)38-20(26)27)9-3-12(36-2)16(13(4-9)37-19(24)25)18(34)33-7-21(35,8-33)22(28,29)30/h3-6,19-20,35H,7-8H2,1-2H3. The van der Waals surface area contributed by atoms with Crippen LogP contribution in [0, 0.1) is 0 Å². The topological polar surface area (TPSA) is 86.1 Å². The number of likely N-dealkylation sites (tertiary alicyclic amines) is 1. The van der Waals surface area contributed by atoms with Crippen molar-refractivity contribution >= 4 is 32.7 Å². The number of amides is 1. The quantitative estimate of drug-likeness (QED) is 0.378. The molecule has 0 aliphatic carbocycles. The van der Waals surface area contributed by atoms with E-state index in [2.05, 4.69) is 30.5 Å². The lowest BCUT2D eigenvalue weighted by Gasteiger charge is -2.47. The average molecular weight is 616 g/mol. The number of alkyl halides is 7. The van der Waals surface area contributed by atoms with Crippen molar-refractivity contribution in [1.82, 2.24) is 14.7 Å². The summed E-state index contributed by atoms with van der Waals surface area (Å²) in [4.78, 5) is 13.6. The maximum Gasteiger partial charge on any atom is 0.420 e. The molecule has 0 radical (unpaired) electrons. The van der Waals surface area contributed by atoms with Crippen LogP contribution in [0.3, 0.4) is 0 Å². The Kier molecular flexibility index (Phi) is 7.16. The van der Waals surface area contributed by atoms with E-state index in [1.54, 1.807) is 0 Å². The number of aliphatic hydroxyl groups is 1. The number of hydrogen-bond donors (Lipinski definition) is 1. The summed E-state index contributed by atoms with van der Waals surface area (Å²) >= 11 is 3.17. The van der Waals surface area contributed by atoms with Crippen molar-refractivity contribution in [1.29, 1.82) is 0 Å². The summed E-state index contributed by atoms with van der Waals surface area (Å²) in [5.74, 6) is -2.59. The molecule has 0 saturated carbocycles. The first kappa shape index (κ1) is 27.8. The molecular weight excluding hydrogens is 599 g/mol. The van der Waals surface area contributed by atoms with E-state index in [0.717, 1.165) is 13.2 Å². The van der Waals surface area contributed by atoms with Crippen LogP contribution in [0.2, 0.25) is 0 Å². The number of nitrogens with zero attached hydrogens (tertiary/aromatic N) is 3. The Hall–Kier alpha value is -3.27. The number of fused-ring (bicyclic) bond motifs is 1. The molecule has 1 aliphatic heterocycles. The SMILES string of the molecule is COc1cc(-c2c3c(OC(F)F)cc(Br)cc3nn2C)cc(OC(F)F)c1C(=O)N1CC(O)(C(F)(F)F)C1. The summed E-state index contributed by atoms with van der Waals surface area (Å²) in [7, 11) is 2.51. The zero-order valence-corrected chi connectivity index (χ0v) is 20.9. The van der Waals surface area contributed by atoms with E-state index >= 15 is 0 Å². The van der Waals surface area contributed by atoms with E-state index in [-0.39, 0.29) is 33.7 Å². The van der Waals surface area contributed by atoms with Crippen LogP contribution in [0.1, 0.15) is 10.4 Å². The highest BCUT2D eigenvalue weighted by molar-refractivity contribution is 9.10. The second-order valence-electron chi connectivity index (χ2n) is 8.27. The van der Waals surface area contributed by atoms with Crippen LogP contribution in [-0.2, 0) is 7.05 Å². The molecule has 1 amide bonds. The van der Waals surface area contributed by atoms with Gasteiger partial charge in [0.05, 0.1) is 36.8 Å². The molecule has 1 aliphatic rings. The van der Waals surface area contributed by atoms with E-state index < -0.39 is 55.3 Å². The van der Waals surface area contributed by atoms with Gasteiger partial charge in [-0.1, -0.05) is 15.9 Å². The summed E-state index contributed by atoms with van der Waals surface area (Å²) in [5.41, 5.74) is -3.47. The molecule has 38 heavy (non-hydrogen) atoms. The molecule has 1 saturated heterocycles. The predicted octanol–water partition coefficient (Wildman–Crippen LogP) is 4.96. The van der Waals surface area contributed by atoms with Gasteiger partial charge >= 0.3 is 19.4 Å². The van der Waals surface area contributed by atoms with Gasteiger partial charge in [-0.3, -0.25) is 9.48 Å². The zero-order valence-electron chi connectivity index (χ0n) is 19.3. The molecule has 0 bridgehead atoms. The summed E-state index contributed by atoms with van der Waals surface area (Å²) in [6, 6.07) is 4.90. The third-order valence-corrected chi connectivity index (χ3v) is 6.25. The van der Waals surface area contributed by atoms with Crippen LogP contribution in [-0.4, -0.2) is 70.9 Å². The Morgan fingerprint density at radius 1 is 1.05 bits per heavy atom. The van der Waals surface area contributed by atoms with Gasteiger partial charge in [0.2, 0.25) is 0 Å². The van der Waals surface area contributed by atoms with Crippen molar-refractivity contribution in [2.45, 2.75) is 25.0 Å². The minimum Gasteiger partial charge on any atom is -0.496 e. The summed E-state index contributed by atoms with van der Waals surface area (Å²) < 4.78 is 108. The van der Waals surface area contributed by atoms with Crippen LogP contribution in [0.5, 0.6) is 17.2 Å². The highest BCUT2D eigenvalue weighted by Crippen LogP contribution is 2.44. The van der Waals surface area contributed by atoms with Crippen LogP contribution < -0.4 is 14.2 Å².